The van der Waals surface area contributed by atoms with Gasteiger partial charge in [0.25, 0.3) is 0 Å². The number of hydrogen-bond donors (Lipinski definition) is 1. The third-order valence-electron chi connectivity index (χ3n) is 3.95. The summed E-state index contributed by atoms with van der Waals surface area (Å²) >= 11 is 0. The number of phenolic OH excluding ortho intramolecular Hbond substituents is 1. The van der Waals surface area contributed by atoms with Crippen molar-refractivity contribution in [3.05, 3.63) is 28.8 Å². The van der Waals surface area contributed by atoms with E-state index in [1.54, 1.807) is 12.1 Å². The fraction of sp³-hybridized carbons (Fsp3) is 0.714. The molecule has 0 bridgehead atoms. The van der Waals surface area contributed by atoms with Crippen LogP contribution in [0.15, 0.2) is 12.1 Å². The summed E-state index contributed by atoms with van der Waals surface area (Å²) in [5.41, 5.74) is 2.47. The molecule has 0 saturated heterocycles. The van der Waals surface area contributed by atoms with Crippen LogP contribution >= 0.6 is 7.60 Å². The lowest BCUT2D eigenvalue weighted by Gasteiger charge is -2.32. The minimum atomic E-state index is -3.34. The molecule has 1 aromatic carbocycles. The van der Waals surface area contributed by atoms with Crippen LogP contribution in [0.2, 0.25) is 0 Å². The van der Waals surface area contributed by atoms with Gasteiger partial charge in [0.1, 0.15) is 5.75 Å². The Morgan fingerprint density at radius 3 is 1.50 bits per heavy atom. The highest BCUT2D eigenvalue weighted by Crippen LogP contribution is 2.56. The van der Waals surface area contributed by atoms with Gasteiger partial charge in [0.05, 0.1) is 18.4 Å². The molecule has 0 unspecified atom stereocenters. The van der Waals surface area contributed by atoms with Gasteiger partial charge >= 0.3 is 7.60 Å². The first kappa shape index (κ1) is 23.2. The second-order valence-corrected chi connectivity index (χ2v) is 11.6. The molecule has 1 rings (SSSR count). The molecule has 0 fully saturated rings. The second-order valence-electron chi connectivity index (χ2n) is 9.60. The molecule has 1 aromatic rings. The average Bonchev–Trinajstić information content (AvgIpc) is 2.35. The van der Waals surface area contributed by atoms with Crippen LogP contribution < -0.4 is 0 Å². The summed E-state index contributed by atoms with van der Waals surface area (Å²) in [6.45, 7) is 20.0. The van der Waals surface area contributed by atoms with E-state index >= 15 is 0 Å². The molecule has 0 aliphatic heterocycles. The van der Waals surface area contributed by atoms with Crippen LogP contribution in [0.25, 0.3) is 0 Å². The van der Waals surface area contributed by atoms with Crippen LogP contribution in [-0.4, -0.2) is 17.3 Å². The van der Waals surface area contributed by atoms with Crippen molar-refractivity contribution in [2.24, 2.45) is 0 Å². The van der Waals surface area contributed by atoms with Crippen molar-refractivity contribution in [2.45, 2.75) is 98.4 Å². The lowest BCUT2D eigenvalue weighted by atomic mass is 9.76. The van der Waals surface area contributed by atoms with Crippen molar-refractivity contribution in [2.75, 3.05) is 0 Å². The normalized spacial score (nSPS) is 13.7. The molecular formula is C21H37O4P. The lowest BCUT2D eigenvalue weighted by Crippen LogP contribution is -2.22. The summed E-state index contributed by atoms with van der Waals surface area (Å²) in [5.74, 6) is 0.230. The zero-order valence-electron chi connectivity index (χ0n) is 18.1. The number of hydrogen-bond acceptors (Lipinski definition) is 4. The van der Waals surface area contributed by atoms with E-state index in [4.69, 9.17) is 9.05 Å². The van der Waals surface area contributed by atoms with E-state index in [1.165, 1.54) is 0 Å². The van der Waals surface area contributed by atoms with Crippen LogP contribution in [0.4, 0.5) is 0 Å². The number of benzene rings is 1. The van der Waals surface area contributed by atoms with E-state index in [-0.39, 0.29) is 34.9 Å². The Kier molecular flexibility index (Phi) is 7.18. The standard InChI is InChI=1S/C21H37O4P/c1-14(2)24-26(23,25-15(3)4)13-17-18(20(5,6)7)11-16(22)12-19(17)21(8,9)10/h11-12,14-15,22H,13H2,1-10H3. The summed E-state index contributed by atoms with van der Waals surface area (Å²) in [6, 6.07) is 3.55. The van der Waals surface area contributed by atoms with E-state index < -0.39 is 7.60 Å². The summed E-state index contributed by atoms with van der Waals surface area (Å²) in [5, 5.41) is 10.3. The molecule has 0 spiro atoms. The van der Waals surface area contributed by atoms with Crippen molar-refractivity contribution in [1.82, 2.24) is 0 Å². The highest BCUT2D eigenvalue weighted by atomic mass is 31.2. The van der Waals surface area contributed by atoms with Crippen LogP contribution in [0.3, 0.4) is 0 Å². The Morgan fingerprint density at radius 2 is 1.23 bits per heavy atom. The van der Waals surface area contributed by atoms with Crippen molar-refractivity contribution >= 4 is 7.60 Å². The van der Waals surface area contributed by atoms with Crippen LogP contribution in [0, 0.1) is 0 Å². The molecule has 1 N–H and O–H groups in total. The maximum absolute atomic E-state index is 13.5. The molecule has 0 aromatic heterocycles. The third kappa shape index (κ3) is 6.40. The van der Waals surface area contributed by atoms with Crippen LogP contribution in [-0.2, 0) is 30.6 Å². The third-order valence-corrected chi connectivity index (χ3v) is 6.13. The van der Waals surface area contributed by atoms with E-state index in [2.05, 4.69) is 41.5 Å². The van der Waals surface area contributed by atoms with Crippen molar-refractivity contribution in [1.29, 1.82) is 0 Å². The summed E-state index contributed by atoms with van der Waals surface area (Å²) in [7, 11) is -3.34. The zero-order valence-corrected chi connectivity index (χ0v) is 19.0. The fourth-order valence-electron chi connectivity index (χ4n) is 3.10. The molecule has 0 aliphatic carbocycles. The fourth-order valence-corrected chi connectivity index (χ4v) is 5.31. The molecule has 4 nitrogen and oxygen atoms in total. The van der Waals surface area contributed by atoms with Gasteiger partial charge in [-0.25, -0.2) is 0 Å². The SMILES string of the molecule is CC(C)OP(=O)(Cc1c(C(C)(C)C)cc(O)cc1C(C)(C)C)OC(C)C. The van der Waals surface area contributed by atoms with Gasteiger partial charge in [-0.05, 0) is 67.3 Å². The first-order chi connectivity index (χ1) is 11.5. The lowest BCUT2D eigenvalue weighted by molar-refractivity contribution is 0.141. The summed E-state index contributed by atoms with van der Waals surface area (Å²) in [4.78, 5) is 0. The van der Waals surface area contributed by atoms with Crippen molar-refractivity contribution in [3.8, 4) is 5.75 Å². The van der Waals surface area contributed by atoms with E-state index in [9.17, 15) is 9.67 Å². The first-order valence-corrected chi connectivity index (χ1v) is 11.1. The quantitative estimate of drug-likeness (QED) is 0.567. The van der Waals surface area contributed by atoms with Gasteiger partial charge in [0, 0.05) is 0 Å². The topological polar surface area (TPSA) is 55.8 Å². The van der Waals surface area contributed by atoms with Crippen molar-refractivity contribution in [3.63, 3.8) is 0 Å². The molecule has 0 radical (unpaired) electrons. The van der Waals surface area contributed by atoms with Gasteiger partial charge < -0.3 is 14.2 Å². The van der Waals surface area contributed by atoms with Crippen LogP contribution in [0.5, 0.6) is 5.75 Å². The van der Waals surface area contributed by atoms with E-state index in [0.29, 0.717) is 0 Å². The predicted octanol–water partition coefficient (Wildman–Crippen LogP) is 6.53. The number of phenols is 1. The zero-order chi connectivity index (χ0) is 20.5. The molecule has 0 atom stereocenters. The van der Waals surface area contributed by atoms with E-state index in [0.717, 1.165) is 16.7 Å². The summed E-state index contributed by atoms with van der Waals surface area (Å²) in [6.07, 6.45) is -0.205. The molecule has 0 saturated carbocycles. The molecule has 5 heteroatoms. The Morgan fingerprint density at radius 1 is 0.885 bits per heavy atom. The van der Waals surface area contributed by atoms with E-state index in [1.807, 2.05) is 27.7 Å². The van der Waals surface area contributed by atoms with Crippen LogP contribution in [0.1, 0.15) is 85.9 Å². The Hall–Kier alpha value is -0.830. The monoisotopic (exact) mass is 384 g/mol. The predicted molar refractivity (Wildman–Crippen MR) is 109 cm³/mol. The number of aromatic hydroxyl groups is 1. The van der Waals surface area contributed by atoms with Gasteiger partial charge in [-0.2, -0.15) is 0 Å². The molecule has 0 amide bonds. The van der Waals surface area contributed by atoms with Gasteiger partial charge in [0.15, 0.2) is 0 Å². The maximum Gasteiger partial charge on any atom is 0.335 e. The minimum absolute atomic E-state index is 0.197. The number of rotatable bonds is 6. The summed E-state index contributed by atoms with van der Waals surface area (Å²) < 4.78 is 25.1. The van der Waals surface area contributed by atoms with Gasteiger partial charge in [-0.1, -0.05) is 41.5 Å². The van der Waals surface area contributed by atoms with Gasteiger partial charge in [-0.15, -0.1) is 0 Å². The molecule has 26 heavy (non-hydrogen) atoms. The highest BCUT2D eigenvalue weighted by Gasteiger charge is 2.34. The molecule has 0 heterocycles. The average molecular weight is 384 g/mol. The second kappa shape index (κ2) is 8.04. The Labute approximate surface area is 159 Å². The smallest absolute Gasteiger partial charge is 0.335 e. The Bertz CT molecular complexity index is 615. The molecular weight excluding hydrogens is 347 g/mol. The van der Waals surface area contributed by atoms with Gasteiger partial charge in [0.2, 0.25) is 0 Å². The first-order valence-electron chi connectivity index (χ1n) is 9.38. The maximum atomic E-state index is 13.5. The van der Waals surface area contributed by atoms with Gasteiger partial charge in [-0.3, -0.25) is 4.57 Å². The molecule has 150 valence electrons. The Balaban J connectivity index is 3.64. The minimum Gasteiger partial charge on any atom is -0.508 e. The largest absolute Gasteiger partial charge is 0.508 e. The highest BCUT2D eigenvalue weighted by molar-refractivity contribution is 7.53. The van der Waals surface area contributed by atoms with Crippen molar-refractivity contribution < 1.29 is 18.7 Å². The molecule has 0 aliphatic rings.